The van der Waals surface area contributed by atoms with Gasteiger partial charge in [0.05, 0.1) is 0 Å². The smallest absolute Gasteiger partial charge is 0.119 e. The van der Waals surface area contributed by atoms with Gasteiger partial charge in [-0.1, -0.05) is 53.2 Å². The second-order valence-electron chi connectivity index (χ2n) is 6.46. The summed E-state index contributed by atoms with van der Waals surface area (Å²) in [7, 11) is 0. The molecule has 0 aliphatic carbocycles. The molecule has 0 saturated carbocycles. The molecule has 2 unspecified atom stereocenters. The van der Waals surface area contributed by atoms with Gasteiger partial charge in [0.25, 0.3) is 0 Å². The van der Waals surface area contributed by atoms with Gasteiger partial charge in [0.15, 0.2) is 0 Å². The van der Waals surface area contributed by atoms with Gasteiger partial charge in [-0.15, -0.1) is 0 Å². The van der Waals surface area contributed by atoms with Gasteiger partial charge in [-0.25, -0.2) is 0 Å². The highest BCUT2D eigenvalue weighted by Crippen LogP contribution is 2.22. The molecule has 1 rings (SSSR count). The first-order valence-corrected chi connectivity index (χ1v) is 8.54. The monoisotopic (exact) mass is 291 g/mol. The summed E-state index contributed by atoms with van der Waals surface area (Å²) >= 11 is 0. The van der Waals surface area contributed by atoms with Crippen LogP contribution in [0.15, 0.2) is 24.3 Å². The lowest BCUT2D eigenvalue weighted by Gasteiger charge is -2.20. The molecule has 0 fully saturated rings. The van der Waals surface area contributed by atoms with Gasteiger partial charge in [0.2, 0.25) is 0 Å². The Morgan fingerprint density at radius 1 is 1.00 bits per heavy atom. The Morgan fingerprint density at radius 2 is 1.67 bits per heavy atom. The van der Waals surface area contributed by atoms with Crippen molar-refractivity contribution >= 4 is 0 Å². The third-order valence-corrected chi connectivity index (χ3v) is 3.90. The molecule has 2 nitrogen and oxygen atoms in total. The average molecular weight is 291 g/mol. The van der Waals surface area contributed by atoms with Crippen molar-refractivity contribution in [3.63, 3.8) is 0 Å². The van der Waals surface area contributed by atoms with Crippen molar-refractivity contribution in [2.75, 3.05) is 13.1 Å². The Bertz CT molecular complexity index is 372. The van der Waals surface area contributed by atoms with E-state index in [-0.39, 0.29) is 6.10 Å². The predicted octanol–water partition coefficient (Wildman–Crippen LogP) is 4.99. The maximum Gasteiger partial charge on any atom is 0.119 e. The van der Waals surface area contributed by atoms with Crippen molar-refractivity contribution in [2.24, 2.45) is 5.92 Å². The standard InChI is InChI=1S/C19H33NO/c1-6-8-19(14-20-13-15(3)4)21-18-11-9-17(10-12-18)16(5)7-2/h9-12,15-16,19-20H,6-8,13-14H2,1-5H3. The molecular formula is C19H33NO. The molecule has 0 spiro atoms. The Balaban J connectivity index is 2.53. The highest BCUT2D eigenvalue weighted by atomic mass is 16.5. The van der Waals surface area contributed by atoms with E-state index in [1.165, 1.54) is 12.0 Å². The first-order chi connectivity index (χ1) is 10.1. The molecule has 0 aliphatic rings. The van der Waals surface area contributed by atoms with Crippen LogP contribution < -0.4 is 10.1 Å². The van der Waals surface area contributed by atoms with Crippen LogP contribution in [0.25, 0.3) is 0 Å². The average Bonchev–Trinajstić information content (AvgIpc) is 2.47. The highest BCUT2D eigenvalue weighted by Gasteiger charge is 2.10. The number of nitrogens with one attached hydrogen (secondary N) is 1. The van der Waals surface area contributed by atoms with Gasteiger partial charge in [0, 0.05) is 6.54 Å². The third kappa shape index (κ3) is 6.99. The zero-order valence-electron chi connectivity index (χ0n) is 14.5. The molecule has 120 valence electrons. The summed E-state index contributed by atoms with van der Waals surface area (Å²) in [5, 5.41) is 3.50. The summed E-state index contributed by atoms with van der Waals surface area (Å²) in [6, 6.07) is 8.64. The molecule has 0 radical (unpaired) electrons. The van der Waals surface area contributed by atoms with Gasteiger partial charge in [-0.05, 0) is 48.9 Å². The number of benzene rings is 1. The molecule has 0 aromatic heterocycles. The zero-order chi connectivity index (χ0) is 15.7. The van der Waals surface area contributed by atoms with Crippen LogP contribution in [0.3, 0.4) is 0 Å². The van der Waals surface area contributed by atoms with E-state index in [4.69, 9.17) is 4.74 Å². The fraction of sp³-hybridized carbons (Fsp3) is 0.684. The van der Waals surface area contributed by atoms with Gasteiger partial charge >= 0.3 is 0 Å². The summed E-state index contributed by atoms with van der Waals surface area (Å²) in [4.78, 5) is 0. The molecule has 0 bridgehead atoms. The summed E-state index contributed by atoms with van der Waals surface area (Å²) in [6.45, 7) is 13.2. The Hall–Kier alpha value is -1.02. The second-order valence-corrected chi connectivity index (χ2v) is 6.46. The predicted molar refractivity (Wildman–Crippen MR) is 92.2 cm³/mol. The highest BCUT2D eigenvalue weighted by molar-refractivity contribution is 5.29. The van der Waals surface area contributed by atoms with Crippen LogP contribution in [0.1, 0.15) is 65.4 Å². The molecule has 0 aliphatic heterocycles. The third-order valence-electron chi connectivity index (χ3n) is 3.90. The fourth-order valence-corrected chi connectivity index (χ4v) is 2.36. The minimum absolute atomic E-state index is 0.267. The zero-order valence-corrected chi connectivity index (χ0v) is 14.5. The molecule has 1 aromatic rings. The minimum Gasteiger partial charge on any atom is -0.489 e. The van der Waals surface area contributed by atoms with Crippen molar-refractivity contribution in [1.29, 1.82) is 0 Å². The van der Waals surface area contributed by atoms with Crippen LogP contribution in [0, 0.1) is 5.92 Å². The van der Waals surface area contributed by atoms with Gasteiger partial charge in [0.1, 0.15) is 11.9 Å². The van der Waals surface area contributed by atoms with E-state index in [0.717, 1.165) is 31.7 Å². The molecular weight excluding hydrogens is 258 g/mol. The van der Waals surface area contributed by atoms with Gasteiger partial charge in [-0.3, -0.25) is 0 Å². The first-order valence-electron chi connectivity index (χ1n) is 8.54. The van der Waals surface area contributed by atoms with Gasteiger partial charge in [-0.2, -0.15) is 0 Å². The fourth-order valence-electron chi connectivity index (χ4n) is 2.36. The van der Waals surface area contributed by atoms with Gasteiger partial charge < -0.3 is 10.1 Å². The topological polar surface area (TPSA) is 21.3 Å². The normalized spacial score (nSPS) is 14.2. The summed E-state index contributed by atoms with van der Waals surface area (Å²) < 4.78 is 6.14. The van der Waals surface area contributed by atoms with Crippen LogP contribution in [0.2, 0.25) is 0 Å². The molecule has 2 heteroatoms. The largest absolute Gasteiger partial charge is 0.489 e. The number of rotatable bonds is 10. The van der Waals surface area contributed by atoms with E-state index in [0.29, 0.717) is 11.8 Å². The van der Waals surface area contributed by atoms with E-state index in [1.54, 1.807) is 0 Å². The van der Waals surface area contributed by atoms with Crippen molar-refractivity contribution < 1.29 is 4.74 Å². The van der Waals surface area contributed by atoms with E-state index < -0.39 is 0 Å². The lowest BCUT2D eigenvalue weighted by Crippen LogP contribution is -2.33. The van der Waals surface area contributed by atoms with Crippen LogP contribution in [0.5, 0.6) is 5.75 Å². The number of hydrogen-bond donors (Lipinski definition) is 1. The molecule has 0 amide bonds. The van der Waals surface area contributed by atoms with Crippen LogP contribution >= 0.6 is 0 Å². The van der Waals surface area contributed by atoms with Crippen molar-refractivity contribution in [2.45, 2.75) is 65.9 Å². The lowest BCUT2D eigenvalue weighted by atomic mass is 9.99. The molecule has 1 N–H and O–H groups in total. The Kier molecular flexibility index (Phi) is 8.44. The molecule has 0 saturated heterocycles. The molecule has 21 heavy (non-hydrogen) atoms. The van der Waals surface area contributed by atoms with Crippen molar-refractivity contribution in [3.05, 3.63) is 29.8 Å². The maximum atomic E-state index is 6.14. The summed E-state index contributed by atoms with van der Waals surface area (Å²) in [5.41, 5.74) is 1.40. The Labute approximate surface area is 131 Å². The van der Waals surface area contributed by atoms with Crippen LogP contribution in [-0.4, -0.2) is 19.2 Å². The lowest BCUT2D eigenvalue weighted by molar-refractivity contribution is 0.185. The number of ether oxygens (including phenoxy) is 1. The van der Waals surface area contributed by atoms with Crippen LogP contribution in [-0.2, 0) is 0 Å². The van der Waals surface area contributed by atoms with Crippen molar-refractivity contribution in [3.8, 4) is 5.75 Å². The first kappa shape index (κ1) is 18.0. The second kappa shape index (κ2) is 9.83. The minimum atomic E-state index is 0.267. The van der Waals surface area contributed by atoms with E-state index in [9.17, 15) is 0 Å². The maximum absolute atomic E-state index is 6.14. The molecule has 1 aromatic carbocycles. The number of hydrogen-bond acceptors (Lipinski definition) is 2. The molecule has 0 heterocycles. The quantitative estimate of drug-likeness (QED) is 0.655. The van der Waals surface area contributed by atoms with E-state index >= 15 is 0 Å². The summed E-state index contributed by atoms with van der Waals surface area (Å²) in [6.07, 6.45) is 3.69. The van der Waals surface area contributed by atoms with Crippen LogP contribution in [0.4, 0.5) is 0 Å². The SMILES string of the molecule is CCCC(CNCC(C)C)Oc1ccc(C(C)CC)cc1. The molecule has 2 atom stereocenters. The van der Waals surface area contributed by atoms with E-state index in [2.05, 4.69) is 64.2 Å². The Morgan fingerprint density at radius 3 is 2.19 bits per heavy atom. The van der Waals surface area contributed by atoms with E-state index in [1.807, 2.05) is 0 Å². The van der Waals surface area contributed by atoms with Crippen molar-refractivity contribution in [1.82, 2.24) is 5.32 Å². The summed E-state index contributed by atoms with van der Waals surface area (Å²) in [5.74, 6) is 2.30.